The maximum Gasteiger partial charge on any atom is 0.00104 e. The SMILES string of the molecule is CC(C)CCCCC[C@H](C)N. The fourth-order valence-electron chi connectivity index (χ4n) is 1.20. The number of rotatable bonds is 6. The minimum atomic E-state index is 0.397. The minimum Gasteiger partial charge on any atom is -0.328 e. The molecule has 0 radical (unpaired) electrons. The van der Waals surface area contributed by atoms with Gasteiger partial charge in [0.1, 0.15) is 0 Å². The molecule has 1 heteroatoms. The highest BCUT2D eigenvalue weighted by Crippen LogP contribution is 2.09. The van der Waals surface area contributed by atoms with Crippen LogP contribution in [0.2, 0.25) is 0 Å². The summed E-state index contributed by atoms with van der Waals surface area (Å²) in [5, 5.41) is 0. The summed E-state index contributed by atoms with van der Waals surface area (Å²) < 4.78 is 0. The maximum atomic E-state index is 5.63. The van der Waals surface area contributed by atoms with Crippen LogP contribution in [0, 0.1) is 5.92 Å². The number of unbranched alkanes of at least 4 members (excludes halogenated alkanes) is 2. The summed E-state index contributed by atoms with van der Waals surface area (Å²) >= 11 is 0. The molecule has 0 aliphatic carbocycles. The van der Waals surface area contributed by atoms with Crippen molar-refractivity contribution in [3.8, 4) is 0 Å². The molecule has 0 saturated heterocycles. The van der Waals surface area contributed by atoms with Crippen LogP contribution in [0.1, 0.15) is 52.9 Å². The van der Waals surface area contributed by atoms with Gasteiger partial charge in [-0.15, -0.1) is 0 Å². The minimum absolute atomic E-state index is 0.397. The van der Waals surface area contributed by atoms with Gasteiger partial charge in [0.05, 0.1) is 0 Å². The zero-order chi connectivity index (χ0) is 8.69. The second kappa shape index (κ2) is 6.66. The van der Waals surface area contributed by atoms with Gasteiger partial charge in [0.25, 0.3) is 0 Å². The van der Waals surface area contributed by atoms with Crippen LogP contribution in [-0.4, -0.2) is 6.04 Å². The summed E-state index contributed by atoms with van der Waals surface area (Å²) in [5.41, 5.74) is 5.63. The first-order chi connectivity index (χ1) is 5.13. The lowest BCUT2D eigenvalue weighted by molar-refractivity contribution is 0.506. The first kappa shape index (κ1) is 11.0. The molecule has 0 aromatic carbocycles. The normalized spacial score (nSPS) is 13.9. The first-order valence-electron chi connectivity index (χ1n) is 4.88. The van der Waals surface area contributed by atoms with E-state index in [0.717, 1.165) is 5.92 Å². The Labute approximate surface area is 71.4 Å². The van der Waals surface area contributed by atoms with E-state index in [1.165, 1.54) is 32.1 Å². The second-order valence-electron chi connectivity index (χ2n) is 4.01. The standard InChI is InChI=1S/C10H23N/c1-9(2)7-5-4-6-8-10(3)11/h9-10H,4-8,11H2,1-3H3/t10-/m0/s1. The van der Waals surface area contributed by atoms with Crippen molar-refractivity contribution in [1.82, 2.24) is 0 Å². The van der Waals surface area contributed by atoms with Gasteiger partial charge in [-0.3, -0.25) is 0 Å². The topological polar surface area (TPSA) is 26.0 Å². The van der Waals surface area contributed by atoms with Gasteiger partial charge >= 0.3 is 0 Å². The lowest BCUT2D eigenvalue weighted by Crippen LogP contribution is -2.13. The van der Waals surface area contributed by atoms with Gasteiger partial charge in [0.2, 0.25) is 0 Å². The van der Waals surface area contributed by atoms with Crippen molar-refractivity contribution in [1.29, 1.82) is 0 Å². The van der Waals surface area contributed by atoms with Gasteiger partial charge in [-0.05, 0) is 19.3 Å². The van der Waals surface area contributed by atoms with E-state index in [0.29, 0.717) is 6.04 Å². The van der Waals surface area contributed by atoms with Crippen LogP contribution in [0.15, 0.2) is 0 Å². The second-order valence-corrected chi connectivity index (χ2v) is 4.01. The third-order valence-electron chi connectivity index (χ3n) is 1.94. The molecule has 11 heavy (non-hydrogen) atoms. The van der Waals surface area contributed by atoms with Gasteiger partial charge in [0, 0.05) is 6.04 Å². The van der Waals surface area contributed by atoms with Crippen molar-refractivity contribution in [2.75, 3.05) is 0 Å². The highest BCUT2D eigenvalue weighted by atomic mass is 14.6. The van der Waals surface area contributed by atoms with E-state index in [1.807, 2.05) is 0 Å². The summed E-state index contributed by atoms with van der Waals surface area (Å²) in [6, 6.07) is 0.397. The molecule has 0 unspecified atom stereocenters. The maximum absolute atomic E-state index is 5.63. The summed E-state index contributed by atoms with van der Waals surface area (Å²) in [6.45, 7) is 6.65. The fraction of sp³-hybridized carbons (Fsp3) is 1.00. The molecule has 0 aromatic heterocycles. The number of hydrogen-bond acceptors (Lipinski definition) is 1. The van der Waals surface area contributed by atoms with E-state index >= 15 is 0 Å². The first-order valence-corrected chi connectivity index (χ1v) is 4.88. The van der Waals surface area contributed by atoms with Gasteiger partial charge in [-0.1, -0.05) is 39.5 Å². The molecule has 68 valence electrons. The molecular formula is C10H23N. The number of hydrogen-bond donors (Lipinski definition) is 1. The lowest BCUT2D eigenvalue weighted by Gasteiger charge is -2.05. The van der Waals surface area contributed by atoms with Crippen molar-refractivity contribution >= 4 is 0 Å². The Morgan fingerprint density at radius 2 is 1.45 bits per heavy atom. The molecule has 1 atom stereocenters. The molecular weight excluding hydrogens is 134 g/mol. The molecule has 0 bridgehead atoms. The van der Waals surface area contributed by atoms with Crippen molar-refractivity contribution in [2.45, 2.75) is 58.9 Å². The van der Waals surface area contributed by atoms with Crippen LogP contribution in [0.5, 0.6) is 0 Å². The third kappa shape index (κ3) is 9.96. The third-order valence-corrected chi connectivity index (χ3v) is 1.94. The predicted molar refractivity (Wildman–Crippen MR) is 51.6 cm³/mol. The molecule has 1 nitrogen and oxygen atoms in total. The van der Waals surface area contributed by atoms with E-state index in [4.69, 9.17) is 5.73 Å². The van der Waals surface area contributed by atoms with Crippen molar-refractivity contribution in [3.63, 3.8) is 0 Å². The van der Waals surface area contributed by atoms with Crippen LogP contribution in [0.3, 0.4) is 0 Å². The van der Waals surface area contributed by atoms with Crippen LogP contribution < -0.4 is 5.73 Å². The van der Waals surface area contributed by atoms with E-state index in [9.17, 15) is 0 Å². The summed E-state index contributed by atoms with van der Waals surface area (Å²) in [4.78, 5) is 0. The highest BCUT2D eigenvalue weighted by Gasteiger charge is 1.96. The Morgan fingerprint density at radius 3 is 1.91 bits per heavy atom. The van der Waals surface area contributed by atoms with E-state index in [2.05, 4.69) is 20.8 Å². The van der Waals surface area contributed by atoms with Crippen molar-refractivity contribution in [2.24, 2.45) is 11.7 Å². The molecule has 0 saturated carbocycles. The Bertz CT molecular complexity index is 66.9. The molecule has 0 aliphatic rings. The average Bonchev–Trinajstić information content (AvgIpc) is 1.85. The molecule has 2 N–H and O–H groups in total. The lowest BCUT2D eigenvalue weighted by atomic mass is 10.0. The Hall–Kier alpha value is -0.0400. The van der Waals surface area contributed by atoms with Crippen LogP contribution in [-0.2, 0) is 0 Å². The predicted octanol–water partition coefficient (Wildman–Crippen LogP) is 2.94. The molecule has 0 rings (SSSR count). The fourth-order valence-corrected chi connectivity index (χ4v) is 1.20. The molecule has 0 amide bonds. The van der Waals surface area contributed by atoms with Crippen molar-refractivity contribution < 1.29 is 0 Å². The monoisotopic (exact) mass is 157 g/mol. The largest absolute Gasteiger partial charge is 0.328 e. The molecule has 0 spiro atoms. The molecule has 0 aliphatic heterocycles. The highest BCUT2D eigenvalue weighted by molar-refractivity contribution is 4.54. The Morgan fingerprint density at radius 1 is 0.909 bits per heavy atom. The van der Waals surface area contributed by atoms with Gasteiger partial charge in [-0.2, -0.15) is 0 Å². The van der Waals surface area contributed by atoms with E-state index in [1.54, 1.807) is 0 Å². The zero-order valence-electron chi connectivity index (χ0n) is 8.27. The van der Waals surface area contributed by atoms with Gasteiger partial charge in [-0.25, -0.2) is 0 Å². The van der Waals surface area contributed by atoms with E-state index < -0.39 is 0 Å². The smallest absolute Gasteiger partial charge is 0.00104 e. The average molecular weight is 157 g/mol. The van der Waals surface area contributed by atoms with Gasteiger partial charge < -0.3 is 5.73 Å². The van der Waals surface area contributed by atoms with Crippen LogP contribution >= 0.6 is 0 Å². The van der Waals surface area contributed by atoms with Gasteiger partial charge in [0.15, 0.2) is 0 Å². The Balaban J connectivity index is 2.91. The molecule has 0 heterocycles. The summed E-state index contributed by atoms with van der Waals surface area (Å²) in [6.07, 6.45) is 6.62. The quantitative estimate of drug-likeness (QED) is 0.589. The summed E-state index contributed by atoms with van der Waals surface area (Å²) in [7, 11) is 0. The molecule has 0 fully saturated rings. The Kier molecular flexibility index (Phi) is 6.63. The van der Waals surface area contributed by atoms with Crippen LogP contribution in [0.4, 0.5) is 0 Å². The zero-order valence-corrected chi connectivity index (χ0v) is 8.27. The van der Waals surface area contributed by atoms with Crippen LogP contribution in [0.25, 0.3) is 0 Å². The van der Waals surface area contributed by atoms with Crippen molar-refractivity contribution in [3.05, 3.63) is 0 Å². The van der Waals surface area contributed by atoms with E-state index in [-0.39, 0.29) is 0 Å². The summed E-state index contributed by atoms with van der Waals surface area (Å²) in [5.74, 6) is 0.866. The molecule has 0 aromatic rings. The number of nitrogens with two attached hydrogens (primary N) is 1.